The predicted octanol–water partition coefficient (Wildman–Crippen LogP) is 21.0. The Morgan fingerprint density at radius 2 is 0.714 bits per heavy atom. The van der Waals surface area contributed by atoms with E-state index in [2.05, 4.69) is 101 Å². The summed E-state index contributed by atoms with van der Waals surface area (Å²) in [6.07, 6.45) is 3.37. The van der Waals surface area contributed by atoms with Crippen molar-refractivity contribution >= 4 is 118 Å². The Morgan fingerprint density at radius 1 is 0.341 bits per heavy atom. The van der Waals surface area contributed by atoms with Gasteiger partial charge in [0.1, 0.15) is 51.9 Å². The quantitative estimate of drug-likeness (QED) is 0.0616. The van der Waals surface area contributed by atoms with Gasteiger partial charge in [0.05, 0.1) is 69.8 Å². The first-order chi connectivity index (χ1) is 59.1. The van der Waals surface area contributed by atoms with E-state index in [4.69, 9.17) is 11.6 Å². The molecule has 0 atom stereocenters. The second-order valence-corrected chi connectivity index (χ2v) is 40.9. The molecule has 8 aromatic heterocycles. The Bertz CT molecular complexity index is 7130. The molecule has 8 aromatic carbocycles. The molecule has 0 fully saturated rings. The molecule has 0 aliphatic carbocycles. The highest BCUT2D eigenvalue weighted by Crippen LogP contribution is 2.37. The minimum Gasteiger partial charge on any atom is -0.263 e. The Hall–Kier alpha value is -12.8. The molecule has 4 N–H and O–H groups in total. The summed E-state index contributed by atoms with van der Waals surface area (Å²) in [6.45, 7) is 28.8. The lowest BCUT2D eigenvalue weighted by atomic mass is 9.87. The molecule has 0 amide bonds. The molecule has 0 aliphatic heterocycles. The zero-order chi connectivity index (χ0) is 91.1. The number of aromatic nitrogens is 12. The maximum Gasteiger partial charge on any atom is 0.282 e. The molecule has 0 saturated heterocycles. The molecule has 24 nitrogen and oxygen atoms in total. The van der Waals surface area contributed by atoms with E-state index in [0.29, 0.717) is 78.2 Å². The number of aryl methyl sites for hydroxylation is 3. The number of hydrogen-bond donors (Lipinski definition) is 4. The van der Waals surface area contributed by atoms with Gasteiger partial charge in [-0.15, -0.1) is 0 Å². The van der Waals surface area contributed by atoms with Crippen molar-refractivity contribution in [1.82, 2.24) is 59.1 Å². The second kappa shape index (κ2) is 35.3. The number of rotatable bonds is 17. The summed E-state index contributed by atoms with van der Waals surface area (Å²) in [7, 11) is -16.0. The summed E-state index contributed by atoms with van der Waals surface area (Å²) >= 11 is 6.29. The molecule has 0 saturated carbocycles. The van der Waals surface area contributed by atoms with E-state index in [1.54, 1.807) is 151 Å². The highest BCUT2D eigenvalue weighted by atomic mass is 35.5. The molecular weight excluding hydrogens is 1720 g/mol. The lowest BCUT2D eigenvalue weighted by Gasteiger charge is -2.20. The number of fused-ring (bicyclic) bond motifs is 4. The summed E-state index contributed by atoms with van der Waals surface area (Å²) in [6, 6.07) is 58.7. The van der Waals surface area contributed by atoms with Gasteiger partial charge >= 0.3 is 0 Å². The number of benzene rings is 8. The molecule has 126 heavy (non-hydrogen) atoms. The van der Waals surface area contributed by atoms with Gasteiger partial charge in [0.2, 0.25) is 0 Å². The first-order valence-corrected chi connectivity index (χ1v) is 45.7. The van der Waals surface area contributed by atoms with Crippen molar-refractivity contribution in [3.05, 3.63) is 311 Å². The largest absolute Gasteiger partial charge is 0.282 e. The topological polar surface area (TPSA) is 308 Å². The maximum atomic E-state index is 14.6. The number of alkyl halides is 2. The fourth-order valence-corrected chi connectivity index (χ4v) is 18.1. The van der Waals surface area contributed by atoms with Crippen LogP contribution < -0.4 is 18.9 Å². The van der Waals surface area contributed by atoms with E-state index in [1.165, 1.54) is 50.6 Å². The average Bonchev–Trinajstić information content (AvgIpc) is 1.73. The lowest BCUT2D eigenvalue weighted by molar-refractivity contribution is 0.145. The van der Waals surface area contributed by atoms with Crippen LogP contribution in [0.5, 0.6) is 0 Å². The molecule has 0 aliphatic rings. The first-order valence-electron chi connectivity index (χ1n) is 39.4. The van der Waals surface area contributed by atoms with Gasteiger partial charge in [0, 0.05) is 76.0 Å². The van der Waals surface area contributed by atoms with Crippen LogP contribution in [0, 0.1) is 38.2 Å². The molecule has 34 heteroatoms. The van der Waals surface area contributed by atoms with Gasteiger partial charge in [-0.05, 0) is 174 Å². The Morgan fingerprint density at radius 3 is 1.14 bits per heavy atom. The van der Waals surface area contributed by atoms with E-state index in [0.717, 1.165) is 55.7 Å². The van der Waals surface area contributed by atoms with Crippen molar-refractivity contribution in [3.63, 3.8) is 0 Å². The number of para-hydroxylation sites is 1. The number of pyridine rings is 4. The molecule has 16 rings (SSSR count). The van der Waals surface area contributed by atoms with E-state index in [1.807, 2.05) is 99.6 Å². The van der Waals surface area contributed by atoms with Crippen LogP contribution in [-0.2, 0) is 61.8 Å². The third-order valence-corrected chi connectivity index (χ3v) is 25.9. The van der Waals surface area contributed by atoms with Crippen molar-refractivity contribution in [3.8, 4) is 22.9 Å². The predicted molar refractivity (Wildman–Crippen MR) is 483 cm³/mol. The zero-order valence-corrected chi connectivity index (χ0v) is 75.2. The lowest BCUT2D eigenvalue weighted by Crippen LogP contribution is -2.18. The summed E-state index contributed by atoms with van der Waals surface area (Å²) in [4.78, 5) is 16.9. The van der Waals surface area contributed by atoms with Crippen LogP contribution in [0.1, 0.15) is 135 Å². The maximum absolute atomic E-state index is 14.6. The zero-order valence-electron chi connectivity index (χ0n) is 71.2. The highest BCUT2D eigenvalue weighted by Gasteiger charge is 2.30. The van der Waals surface area contributed by atoms with Gasteiger partial charge in [-0.2, -0.15) is 25.1 Å². The standard InChI is InChI=1S/C23H23ClN4O2S.C23H21F3N4O2S.2C23H23FN4O2S/c1-15-13-21(27-31(29,30)17-11-9-16(10-12-17)23(2,3)4)28(26-15)22-19-8-6-5-7-18(19)20(24)14-25-22;1-23(2,3)16-10-9-14(12-17(16)24)33(31,32)29-21-13-19(22(25)26)28-30(21)20-8-4-7-18-15(20)6-5-11-27-18;1-15-13-22(28(26-15)21-9-5-8-20-17(21)7-6-12-25-20)27-31(29,30)16-10-11-18(19(24)14-16)23(2,3)4;1-15-14-21(27-31(29,30)17-10-8-16(9-11-17)23(2,3)4)28(26-15)20-12-13-25-22-18(20)6-5-7-19(22)24/h5-14,27H,1-4H3;4-13,22,29H,1-3H3;2*5-14,27H,1-4H3. The third kappa shape index (κ3) is 20.1. The van der Waals surface area contributed by atoms with Crippen molar-refractivity contribution in [2.24, 2.45) is 0 Å². The summed E-state index contributed by atoms with van der Waals surface area (Å²) in [5.41, 5.74) is 6.22. The summed E-state index contributed by atoms with van der Waals surface area (Å²) in [5, 5.41) is 21.3. The van der Waals surface area contributed by atoms with Gasteiger partial charge < -0.3 is 0 Å². The van der Waals surface area contributed by atoms with Gasteiger partial charge in [0.15, 0.2) is 5.82 Å². The smallest absolute Gasteiger partial charge is 0.263 e. The number of halogens is 6. The minimum atomic E-state index is -4.31. The molecule has 0 unspecified atom stereocenters. The first kappa shape index (κ1) is 90.9. The van der Waals surface area contributed by atoms with Crippen molar-refractivity contribution in [2.45, 2.75) is 152 Å². The highest BCUT2D eigenvalue weighted by molar-refractivity contribution is 7.93. The van der Waals surface area contributed by atoms with E-state index >= 15 is 0 Å². The van der Waals surface area contributed by atoms with Crippen LogP contribution in [-0.4, -0.2) is 92.7 Å². The number of nitrogens with zero attached hydrogens (tertiary/aromatic N) is 12. The van der Waals surface area contributed by atoms with Crippen molar-refractivity contribution in [1.29, 1.82) is 0 Å². The van der Waals surface area contributed by atoms with E-state index in [-0.39, 0.29) is 53.4 Å². The Kier molecular flexibility index (Phi) is 25.5. The van der Waals surface area contributed by atoms with E-state index < -0.39 is 80.5 Å². The van der Waals surface area contributed by atoms with Crippen LogP contribution in [0.3, 0.4) is 0 Å². The molecule has 16 aromatic rings. The summed E-state index contributed by atoms with van der Waals surface area (Å²) < 4.78 is 190. The molecule has 652 valence electrons. The molecular formula is C92H90ClF5N16O8S4. The number of anilines is 4. The third-order valence-electron chi connectivity index (χ3n) is 20.1. The van der Waals surface area contributed by atoms with Crippen molar-refractivity contribution < 1.29 is 55.6 Å². The van der Waals surface area contributed by atoms with Crippen LogP contribution in [0.25, 0.3) is 66.4 Å². The monoisotopic (exact) mass is 1800 g/mol. The Labute approximate surface area is 732 Å². The van der Waals surface area contributed by atoms with E-state index in [9.17, 15) is 55.6 Å². The summed E-state index contributed by atoms with van der Waals surface area (Å²) in [5.74, 6) is -0.576. The van der Waals surface area contributed by atoms with Crippen LogP contribution in [0.4, 0.5) is 45.2 Å². The fraction of sp³-hybridized carbons (Fsp3) is 0.217. The van der Waals surface area contributed by atoms with Gasteiger partial charge in [-0.25, -0.2) is 74.7 Å². The number of nitrogens with one attached hydrogen (secondary N) is 4. The van der Waals surface area contributed by atoms with Crippen LogP contribution in [0.2, 0.25) is 5.02 Å². The second-order valence-electron chi connectivity index (χ2n) is 33.8. The molecule has 0 spiro atoms. The molecule has 8 heterocycles. The number of sulfonamides is 4. The molecule has 0 bridgehead atoms. The Balaban J connectivity index is 0.000000144. The normalized spacial score (nSPS) is 12.3. The van der Waals surface area contributed by atoms with Crippen LogP contribution >= 0.6 is 11.6 Å². The SMILES string of the molecule is CC(C)(C)c1ccc(S(=O)(=O)Nc2cc(C(F)F)nn2-c2cccc3ncccc23)cc1F.Cc1cc(NS(=O)(=O)c2ccc(C(C)(C)C)c(F)c2)n(-c2cccc3ncccc23)n1.Cc1cc(NS(=O)(=O)c2ccc(C(C)(C)C)cc2)n(-c2ccnc3c(F)cccc23)n1.Cc1cc(NS(=O)(=O)c2ccc(C(C)(C)C)cc2)n(-c2ncc(Cl)c3ccccc23)n1. The van der Waals surface area contributed by atoms with Crippen LogP contribution in [0.15, 0.2) is 263 Å². The van der Waals surface area contributed by atoms with Gasteiger partial charge in [0.25, 0.3) is 46.5 Å². The average molecular weight is 1810 g/mol. The van der Waals surface area contributed by atoms with Gasteiger partial charge in [-0.1, -0.05) is 180 Å². The minimum absolute atomic E-state index is 0.0627. The van der Waals surface area contributed by atoms with Gasteiger partial charge in [-0.3, -0.25) is 33.8 Å². The van der Waals surface area contributed by atoms with Crippen molar-refractivity contribution in [2.75, 3.05) is 18.9 Å². The molecule has 0 radical (unpaired) electrons. The number of hydrogen-bond acceptors (Lipinski definition) is 16. The fourth-order valence-electron chi connectivity index (χ4n) is 13.8.